The minimum atomic E-state index is -3.06. The highest BCUT2D eigenvalue weighted by molar-refractivity contribution is 7.16. The second kappa shape index (κ2) is 7.12. The van der Waals surface area contributed by atoms with Crippen molar-refractivity contribution in [3.63, 3.8) is 0 Å². The third-order valence-corrected chi connectivity index (χ3v) is 5.18. The van der Waals surface area contributed by atoms with Crippen molar-refractivity contribution < 1.29 is 22.3 Å². The topological polar surface area (TPSA) is 54.7 Å². The molecule has 1 atom stereocenters. The van der Waals surface area contributed by atoms with Crippen molar-refractivity contribution in [3.05, 3.63) is 40.9 Å². The molecule has 27 heavy (non-hydrogen) atoms. The molecule has 1 N–H and O–H groups in total. The number of aromatic nitrogens is 3. The number of ether oxygens (including phenoxy) is 1. The van der Waals surface area contributed by atoms with E-state index in [0.717, 1.165) is 18.3 Å². The fourth-order valence-electron chi connectivity index (χ4n) is 2.86. The zero-order chi connectivity index (χ0) is 19.9. The lowest BCUT2D eigenvalue weighted by Crippen LogP contribution is -2.33. The Morgan fingerprint density at radius 1 is 1.48 bits per heavy atom. The van der Waals surface area contributed by atoms with Gasteiger partial charge in [-0.25, -0.2) is 27.1 Å². The van der Waals surface area contributed by atoms with Crippen LogP contribution in [0.4, 0.5) is 17.6 Å². The lowest BCUT2D eigenvalue weighted by atomic mass is 10.0. The van der Waals surface area contributed by atoms with Crippen molar-refractivity contribution in [2.75, 3.05) is 13.7 Å². The average Bonchev–Trinajstić information content (AvgIpc) is 3.21. The van der Waals surface area contributed by atoms with Crippen LogP contribution >= 0.6 is 11.3 Å². The second-order valence-corrected chi connectivity index (χ2v) is 7.35. The van der Waals surface area contributed by atoms with E-state index in [1.165, 1.54) is 11.6 Å². The molecule has 1 aliphatic heterocycles. The quantitative estimate of drug-likeness (QED) is 0.566. The first-order valence-electron chi connectivity index (χ1n) is 8.03. The smallest absolute Gasteiger partial charge is 0.282 e. The summed E-state index contributed by atoms with van der Waals surface area (Å²) in [5.41, 5.74) is -0.473. The fraction of sp³-hybridized carbons (Fsp3) is 0.500. The number of hydrogen-bond acceptors (Lipinski definition) is 6. The molecule has 3 rings (SSSR count). The van der Waals surface area contributed by atoms with Crippen LogP contribution in [0, 0.1) is 0 Å². The van der Waals surface area contributed by atoms with E-state index < -0.39 is 18.4 Å². The van der Waals surface area contributed by atoms with Crippen LogP contribution in [0.1, 0.15) is 29.7 Å². The lowest BCUT2D eigenvalue weighted by Gasteiger charge is -2.20. The maximum atomic E-state index is 13.5. The summed E-state index contributed by atoms with van der Waals surface area (Å²) in [7, 11) is 1.51. The zero-order valence-corrected chi connectivity index (χ0v) is 15.6. The number of imidazole rings is 1. The molecule has 148 valence electrons. The van der Waals surface area contributed by atoms with Gasteiger partial charge in [0.25, 0.3) is 12.3 Å². The normalized spacial score (nSPS) is 18.0. The largest absolute Gasteiger partial charge is 0.377 e. The molecule has 2 aromatic rings. The molecule has 2 aromatic heterocycles. The summed E-state index contributed by atoms with van der Waals surface area (Å²) in [6.07, 6.45) is -2.78. The van der Waals surface area contributed by atoms with E-state index >= 15 is 0 Å². The number of methoxy groups -OCH3 is 1. The van der Waals surface area contributed by atoms with Crippen LogP contribution in [0.2, 0.25) is 0 Å². The van der Waals surface area contributed by atoms with E-state index in [0.29, 0.717) is 15.8 Å². The Kier molecular flexibility index (Phi) is 5.17. The van der Waals surface area contributed by atoms with Crippen LogP contribution in [0.15, 0.2) is 24.6 Å². The van der Waals surface area contributed by atoms with Gasteiger partial charge in [-0.2, -0.15) is 5.10 Å². The molecule has 0 aliphatic carbocycles. The summed E-state index contributed by atoms with van der Waals surface area (Å²) in [5, 5.41) is 7.70. The van der Waals surface area contributed by atoms with Gasteiger partial charge in [0.05, 0.1) is 30.7 Å². The van der Waals surface area contributed by atoms with Crippen LogP contribution < -0.4 is 5.32 Å². The number of halogens is 4. The predicted octanol–water partition coefficient (Wildman–Crippen LogP) is 3.33. The molecular formula is C16H19F4N5OS. The van der Waals surface area contributed by atoms with E-state index in [2.05, 4.69) is 28.6 Å². The Morgan fingerprint density at radius 3 is 2.78 bits per heavy atom. The van der Waals surface area contributed by atoms with Gasteiger partial charge in [-0.15, -0.1) is 0 Å². The van der Waals surface area contributed by atoms with Crippen molar-refractivity contribution in [1.82, 2.24) is 24.8 Å². The number of nitrogens with zero attached hydrogens (tertiary/aromatic N) is 4. The van der Waals surface area contributed by atoms with Crippen molar-refractivity contribution >= 4 is 16.3 Å². The van der Waals surface area contributed by atoms with Gasteiger partial charge >= 0.3 is 0 Å². The van der Waals surface area contributed by atoms with Gasteiger partial charge in [0.1, 0.15) is 10.7 Å². The predicted molar refractivity (Wildman–Crippen MR) is 92.8 cm³/mol. The summed E-state index contributed by atoms with van der Waals surface area (Å²) < 4.78 is 60.3. The Morgan fingerprint density at radius 2 is 2.19 bits per heavy atom. The summed E-state index contributed by atoms with van der Waals surface area (Å²) in [4.78, 5) is 5.90. The highest BCUT2D eigenvalue weighted by Gasteiger charge is 2.37. The van der Waals surface area contributed by atoms with Crippen molar-refractivity contribution in [2.45, 2.75) is 38.5 Å². The Bertz CT molecular complexity index is 872. The van der Waals surface area contributed by atoms with Crippen LogP contribution in [0.5, 0.6) is 0 Å². The number of hydrogen-bond donors (Lipinski definition) is 1. The van der Waals surface area contributed by atoms with Gasteiger partial charge < -0.3 is 15.0 Å². The molecular weight excluding hydrogens is 386 g/mol. The zero-order valence-electron chi connectivity index (χ0n) is 14.8. The van der Waals surface area contributed by atoms with E-state index in [9.17, 15) is 17.6 Å². The van der Waals surface area contributed by atoms with E-state index in [1.54, 1.807) is 4.90 Å². The fourth-order valence-corrected chi connectivity index (χ4v) is 3.75. The summed E-state index contributed by atoms with van der Waals surface area (Å²) in [6.45, 7) is 8.39. The van der Waals surface area contributed by atoms with Gasteiger partial charge in [-0.05, 0) is 0 Å². The minimum Gasteiger partial charge on any atom is -0.377 e. The van der Waals surface area contributed by atoms with Crippen molar-refractivity contribution in [2.24, 2.45) is 0 Å². The Balaban J connectivity index is 1.88. The summed E-state index contributed by atoms with van der Waals surface area (Å²) in [6, 6.07) is -0.726. The maximum Gasteiger partial charge on any atom is 0.282 e. The average molecular weight is 405 g/mol. The minimum absolute atomic E-state index is 0.00188. The molecule has 1 saturated heterocycles. The van der Waals surface area contributed by atoms with Gasteiger partial charge in [0, 0.05) is 26.2 Å². The lowest BCUT2D eigenvalue weighted by molar-refractivity contribution is 0.0566. The summed E-state index contributed by atoms with van der Waals surface area (Å²) >= 11 is 1.15. The van der Waals surface area contributed by atoms with Gasteiger partial charge in [0.2, 0.25) is 4.96 Å². The highest BCUT2D eigenvalue weighted by Crippen LogP contribution is 2.31. The third kappa shape index (κ3) is 3.79. The molecule has 1 fully saturated rings. The molecule has 0 saturated carbocycles. The SMILES string of the molecule is C=C1N[C@@H](C(=C)C(C)(F)F)CN1Cc1c(C(F)F)nc2sc(COC)nn12. The Labute approximate surface area is 157 Å². The number of fused-ring (bicyclic) bond motifs is 1. The van der Waals surface area contributed by atoms with Gasteiger partial charge in [-0.1, -0.05) is 24.5 Å². The van der Waals surface area contributed by atoms with Crippen LogP contribution in [-0.4, -0.2) is 45.1 Å². The molecule has 0 spiro atoms. The monoisotopic (exact) mass is 405 g/mol. The third-order valence-electron chi connectivity index (χ3n) is 4.29. The molecule has 3 heterocycles. The Hall–Kier alpha value is -2.14. The maximum absolute atomic E-state index is 13.5. The van der Waals surface area contributed by atoms with Crippen LogP contribution in [0.25, 0.3) is 4.96 Å². The molecule has 0 unspecified atom stereocenters. The molecule has 0 amide bonds. The second-order valence-electron chi connectivity index (χ2n) is 6.31. The number of alkyl halides is 4. The van der Waals surface area contributed by atoms with Crippen molar-refractivity contribution in [3.8, 4) is 0 Å². The molecule has 0 bridgehead atoms. The first kappa shape index (κ1) is 19.6. The van der Waals surface area contributed by atoms with E-state index in [4.69, 9.17) is 4.74 Å². The molecule has 6 nitrogen and oxygen atoms in total. The summed E-state index contributed by atoms with van der Waals surface area (Å²) in [5.74, 6) is -2.71. The van der Waals surface area contributed by atoms with Crippen LogP contribution in [0.3, 0.4) is 0 Å². The van der Waals surface area contributed by atoms with Gasteiger partial charge in [-0.3, -0.25) is 0 Å². The number of rotatable bonds is 7. The molecule has 11 heteroatoms. The van der Waals surface area contributed by atoms with E-state index in [-0.39, 0.29) is 36.7 Å². The first-order valence-corrected chi connectivity index (χ1v) is 8.85. The standard InChI is InChI=1S/C16H19F4N5OS/c1-8(16(3,19)20)10-5-24(9(2)21-10)6-11-13(14(17)18)22-15-25(11)23-12(27-15)7-26-4/h10,14,21H,1-2,5-7H2,3-4H3/t10-/m1/s1. The molecule has 0 radical (unpaired) electrons. The van der Waals surface area contributed by atoms with Gasteiger partial charge in [0.15, 0.2) is 0 Å². The first-order chi connectivity index (χ1) is 12.6. The number of nitrogens with one attached hydrogen (secondary N) is 1. The molecule has 0 aromatic carbocycles. The molecule has 1 aliphatic rings. The van der Waals surface area contributed by atoms with Crippen molar-refractivity contribution in [1.29, 1.82) is 0 Å². The van der Waals surface area contributed by atoms with E-state index in [1.807, 2.05) is 0 Å². The highest BCUT2D eigenvalue weighted by atomic mass is 32.1. The van der Waals surface area contributed by atoms with Crippen LogP contribution in [-0.2, 0) is 17.9 Å².